The Labute approximate surface area is 90.1 Å². The minimum absolute atomic E-state index is 0.247. The van der Waals surface area contributed by atoms with E-state index in [1.54, 1.807) is 0 Å². The molecule has 15 heavy (non-hydrogen) atoms. The molecule has 1 aromatic carbocycles. The van der Waals surface area contributed by atoms with Crippen LogP contribution in [-0.4, -0.2) is 19.5 Å². The number of hydrogen-bond donors (Lipinski definition) is 1. The maximum atomic E-state index is 11.5. The first kappa shape index (κ1) is 10.2. The second kappa shape index (κ2) is 4.45. The minimum Gasteiger partial charge on any atom is -0.316 e. The molecule has 1 aliphatic heterocycles. The van der Waals surface area contributed by atoms with Crippen LogP contribution in [0.1, 0.15) is 18.4 Å². The standard InChI is InChI=1S/C12H16N2O/c1-13-9-10-4-6-11(7-5-10)14-8-2-3-12(14)15/h4-7,13H,2-3,8-9H2,1H3. The Kier molecular flexibility index (Phi) is 3.02. The van der Waals surface area contributed by atoms with Gasteiger partial charge < -0.3 is 10.2 Å². The molecule has 80 valence electrons. The van der Waals surface area contributed by atoms with E-state index in [-0.39, 0.29) is 5.91 Å². The number of anilines is 1. The molecule has 1 saturated heterocycles. The van der Waals surface area contributed by atoms with Crippen molar-refractivity contribution in [1.29, 1.82) is 0 Å². The minimum atomic E-state index is 0.247. The Morgan fingerprint density at radius 1 is 1.33 bits per heavy atom. The largest absolute Gasteiger partial charge is 0.316 e. The summed E-state index contributed by atoms with van der Waals surface area (Å²) < 4.78 is 0. The average Bonchev–Trinajstić information content (AvgIpc) is 2.66. The van der Waals surface area contributed by atoms with Crippen LogP contribution in [-0.2, 0) is 11.3 Å². The Morgan fingerprint density at radius 2 is 2.07 bits per heavy atom. The normalized spacial score (nSPS) is 16.1. The van der Waals surface area contributed by atoms with Gasteiger partial charge in [0.25, 0.3) is 0 Å². The smallest absolute Gasteiger partial charge is 0.227 e. The van der Waals surface area contributed by atoms with Gasteiger partial charge in [-0.3, -0.25) is 4.79 Å². The number of carbonyl (C=O) groups excluding carboxylic acids is 1. The van der Waals surface area contributed by atoms with E-state index in [1.165, 1.54) is 5.56 Å². The summed E-state index contributed by atoms with van der Waals surface area (Å²) in [4.78, 5) is 13.4. The number of hydrogen-bond acceptors (Lipinski definition) is 2. The van der Waals surface area contributed by atoms with Crippen LogP contribution in [0.5, 0.6) is 0 Å². The first-order valence-corrected chi connectivity index (χ1v) is 5.35. The van der Waals surface area contributed by atoms with Crippen LogP contribution < -0.4 is 10.2 Å². The fourth-order valence-electron chi connectivity index (χ4n) is 1.92. The summed E-state index contributed by atoms with van der Waals surface area (Å²) in [7, 11) is 1.93. The quantitative estimate of drug-likeness (QED) is 0.810. The topological polar surface area (TPSA) is 32.3 Å². The fourth-order valence-corrected chi connectivity index (χ4v) is 1.92. The van der Waals surface area contributed by atoms with Crippen LogP contribution in [0.2, 0.25) is 0 Å². The van der Waals surface area contributed by atoms with Crippen molar-refractivity contribution >= 4 is 11.6 Å². The molecule has 1 fully saturated rings. The van der Waals surface area contributed by atoms with Gasteiger partial charge in [-0.1, -0.05) is 12.1 Å². The molecule has 0 aromatic heterocycles. The number of benzene rings is 1. The molecular weight excluding hydrogens is 188 g/mol. The third kappa shape index (κ3) is 2.18. The summed E-state index contributed by atoms with van der Waals surface area (Å²) in [5.74, 6) is 0.247. The average molecular weight is 204 g/mol. The first-order chi connectivity index (χ1) is 7.31. The van der Waals surface area contributed by atoms with Crippen molar-refractivity contribution in [2.75, 3.05) is 18.5 Å². The molecule has 1 aromatic rings. The van der Waals surface area contributed by atoms with Crippen LogP contribution in [0, 0.1) is 0 Å². The van der Waals surface area contributed by atoms with E-state index in [9.17, 15) is 4.79 Å². The zero-order valence-corrected chi connectivity index (χ0v) is 8.99. The second-order valence-corrected chi connectivity index (χ2v) is 3.85. The lowest BCUT2D eigenvalue weighted by molar-refractivity contribution is -0.117. The van der Waals surface area contributed by atoms with Gasteiger partial charge in [0, 0.05) is 25.2 Å². The molecule has 1 amide bonds. The van der Waals surface area contributed by atoms with Crippen molar-refractivity contribution in [3.8, 4) is 0 Å². The highest BCUT2D eigenvalue weighted by atomic mass is 16.2. The van der Waals surface area contributed by atoms with Crippen molar-refractivity contribution in [3.05, 3.63) is 29.8 Å². The van der Waals surface area contributed by atoms with Crippen molar-refractivity contribution in [1.82, 2.24) is 5.32 Å². The zero-order valence-electron chi connectivity index (χ0n) is 8.99. The summed E-state index contributed by atoms with van der Waals surface area (Å²) in [5.41, 5.74) is 2.27. The maximum Gasteiger partial charge on any atom is 0.227 e. The molecule has 0 unspecified atom stereocenters. The molecule has 0 saturated carbocycles. The number of nitrogens with zero attached hydrogens (tertiary/aromatic N) is 1. The summed E-state index contributed by atoms with van der Waals surface area (Å²) in [6.07, 6.45) is 1.68. The molecule has 3 nitrogen and oxygen atoms in total. The lowest BCUT2D eigenvalue weighted by atomic mass is 10.2. The molecule has 1 aliphatic rings. The van der Waals surface area contributed by atoms with Crippen LogP contribution in [0.15, 0.2) is 24.3 Å². The molecule has 2 rings (SSSR count). The lowest BCUT2D eigenvalue weighted by Gasteiger charge is -2.15. The number of nitrogens with one attached hydrogen (secondary N) is 1. The van der Waals surface area contributed by atoms with Gasteiger partial charge in [-0.05, 0) is 31.2 Å². The van der Waals surface area contributed by atoms with Gasteiger partial charge in [0.2, 0.25) is 5.91 Å². The fraction of sp³-hybridized carbons (Fsp3) is 0.417. The molecule has 1 heterocycles. The van der Waals surface area contributed by atoms with E-state index >= 15 is 0 Å². The van der Waals surface area contributed by atoms with Crippen LogP contribution in [0.3, 0.4) is 0 Å². The summed E-state index contributed by atoms with van der Waals surface area (Å²) in [6.45, 7) is 1.73. The van der Waals surface area contributed by atoms with Gasteiger partial charge in [0.15, 0.2) is 0 Å². The highest BCUT2D eigenvalue weighted by Gasteiger charge is 2.21. The van der Waals surface area contributed by atoms with E-state index in [0.717, 1.165) is 25.2 Å². The van der Waals surface area contributed by atoms with Gasteiger partial charge in [0.1, 0.15) is 0 Å². The summed E-state index contributed by atoms with van der Waals surface area (Å²) in [6, 6.07) is 8.18. The SMILES string of the molecule is CNCc1ccc(N2CCCC2=O)cc1. The molecule has 3 heteroatoms. The Morgan fingerprint density at radius 3 is 2.60 bits per heavy atom. The highest BCUT2D eigenvalue weighted by Crippen LogP contribution is 2.21. The first-order valence-electron chi connectivity index (χ1n) is 5.35. The monoisotopic (exact) mass is 204 g/mol. The van der Waals surface area contributed by atoms with E-state index in [2.05, 4.69) is 17.4 Å². The molecule has 0 atom stereocenters. The Balaban J connectivity index is 2.12. The van der Waals surface area contributed by atoms with Crippen LogP contribution in [0.4, 0.5) is 5.69 Å². The van der Waals surface area contributed by atoms with E-state index in [0.29, 0.717) is 6.42 Å². The third-order valence-corrected chi connectivity index (χ3v) is 2.70. The van der Waals surface area contributed by atoms with Crippen molar-refractivity contribution in [2.24, 2.45) is 0 Å². The second-order valence-electron chi connectivity index (χ2n) is 3.85. The molecule has 0 aliphatic carbocycles. The predicted octanol–water partition coefficient (Wildman–Crippen LogP) is 1.53. The molecule has 0 bridgehead atoms. The lowest BCUT2D eigenvalue weighted by Crippen LogP contribution is -2.23. The van der Waals surface area contributed by atoms with Crippen LogP contribution in [0.25, 0.3) is 0 Å². The molecule has 0 radical (unpaired) electrons. The van der Waals surface area contributed by atoms with E-state index in [4.69, 9.17) is 0 Å². The van der Waals surface area contributed by atoms with Gasteiger partial charge in [-0.15, -0.1) is 0 Å². The van der Waals surface area contributed by atoms with Crippen molar-refractivity contribution < 1.29 is 4.79 Å². The molecular formula is C12H16N2O. The number of carbonyl (C=O) groups is 1. The van der Waals surface area contributed by atoms with Gasteiger partial charge >= 0.3 is 0 Å². The third-order valence-electron chi connectivity index (χ3n) is 2.70. The van der Waals surface area contributed by atoms with Gasteiger partial charge in [-0.2, -0.15) is 0 Å². The van der Waals surface area contributed by atoms with E-state index in [1.807, 2.05) is 24.1 Å². The molecule has 0 spiro atoms. The maximum absolute atomic E-state index is 11.5. The van der Waals surface area contributed by atoms with Crippen molar-refractivity contribution in [3.63, 3.8) is 0 Å². The van der Waals surface area contributed by atoms with Gasteiger partial charge in [0.05, 0.1) is 0 Å². The predicted molar refractivity (Wildman–Crippen MR) is 60.8 cm³/mol. The van der Waals surface area contributed by atoms with Crippen molar-refractivity contribution in [2.45, 2.75) is 19.4 Å². The van der Waals surface area contributed by atoms with Crippen LogP contribution >= 0.6 is 0 Å². The molecule has 1 N–H and O–H groups in total. The van der Waals surface area contributed by atoms with E-state index < -0.39 is 0 Å². The Hall–Kier alpha value is -1.35. The number of rotatable bonds is 3. The Bertz CT molecular complexity index is 345. The highest BCUT2D eigenvalue weighted by molar-refractivity contribution is 5.95. The number of amides is 1. The summed E-state index contributed by atoms with van der Waals surface area (Å²) >= 11 is 0. The zero-order chi connectivity index (χ0) is 10.7. The van der Waals surface area contributed by atoms with Gasteiger partial charge in [-0.25, -0.2) is 0 Å². The summed E-state index contributed by atoms with van der Waals surface area (Å²) in [5, 5.41) is 3.10.